The van der Waals surface area contributed by atoms with Crippen LogP contribution < -0.4 is 5.32 Å². The molecule has 1 aliphatic heterocycles. The molecular weight excluding hydrogens is 176 g/mol. The molecule has 0 unspecified atom stereocenters. The van der Waals surface area contributed by atoms with Crippen LogP contribution in [-0.4, -0.2) is 50.3 Å². The summed E-state index contributed by atoms with van der Waals surface area (Å²) in [5.41, 5.74) is 0. The predicted octanol–water partition coefficient (Wildman–Crippen LogP) is 1.10. The van der Waals surface area contributed by atoms with E-state index in [0.717, 1.165) is 19.2 Å². The van der Waals surface area contributed by atoms with E-state index in [1.807, 2.05) is 0 Å². The Morgan fingerprint density at radius 3 is 2.57 bits per heavy atom. The van der Waals surface area contributed by atoms with E-state index < -0.39 is 0 Å². The lowest BCUT2D eigenvalue weighted by Crippen LogP contribution is -2.42. The molecule has 1 fully saturated rings. The Morgan fingerprint density at radius 1 is 1.36 bits per heavy atom. The van der Waals surface area contributed by atoms with E-state index >= 15 is 0 Å². The Bertz CT molecular complexity index is 144. The van der Waals surface area contributed by atoms with Gasteiger partial charge in [-0.15, -0.1) is 0 Å². The first-order valence-electron chi connectivity index (χ1n) is 5.72. The summed E-state index contributed by atoms with van der Waals surface area (Å²) in [7, 11) is 2.21. The molecule has 0 spiro atoms. The van der Waals surface area contributed by atoms with E-state index in [1.54, 1.807) is 0 Å². The van der Waals surface area contributed by atoms with Gasteiger partial charge in [0.15, 0.2) is 0 Å². The Labute approximate surface area is 87.8 Å². The minimum Gasteiger partial charge on any atom is -0.377 e. The van der Waals surface area contributed by atoms with Crippen molar-refractivity contribution in [3.8, 4) is 0 Å². The van der Waals surface area contributed by atoms with E-state index in [-0.39, 0.29) is 0 Å². The lowest BCUT2D eigenvalue weighted by Gasteiger charge is -2.31. The van der Waals surface area contributed by atoms with Crippen LogP contribution in [0.3, 0.4) is 0 Å². The van der Waals surface area contributed by atoms with Gasteiger partial charge in [-0.3, -0.25) is 0 Å². The summed E-state index contributed by atoms with van der Waals surface area (Å²) in [6.45, 7) is 8.43. The Hall–Kier alpha value is -0.120. The first-order chi connectivity index (χ1) is 6.70. The van der Waals surface area contributed by atoms with Crippen LogP contribution in [0.15, 0.2) is 0 Å². The summed E-state index contributed by atoms with van der Waals surface area (Å²) in [6, 6.07) is 0.756. The molecule has 1 rings (SSSR count). The maximum Gasteiger partial charge on any atom is 0.0596 e. The highest BCUT2D eigenvalue weighted by Gasteiger charge is 2.16. The van der Waals surface area contributed by atoms with E-state index in [1.165, 1.54) is 25.9 Å². The largest absolute Gasteiger partial charge is 0.377 e. The molecule has 1 aliphatic rings. The highest BCUT2D eigenvalue weighted by molar-refractivity contribution is 4.75. The molecule has 0 aromatic carbocycles. The number of hydrogen-bond acceptors (Lipinski definition) is 3. The Kier molecular flexibility index (Phi) is 5.45. The van der Waals surface area contributed by atoms with Gasteiger partial charge in [0.1, 0.15) is 0 Å². The summed E-state index contributed by atoms with van der Waals surface area (Å²) < 4.78 is 5.55. The summed E-state index contributed by atoms with van der Waals surface area (Å²) >= 11 is 0. The molecule has 0 atom stereocenters. The van der Waals surface area contributed by atoms with Crippen molar-refractivity contribution >= 4 is 0 Å². The molecule has 14 heavy (non-hydrogen) atoms. The first-order valence-corrected chi connectivity index (χ1v) is 5.72. The molecule has 0 aromatic heterocycles. The highest BCUT2D eigenvalue weighted by atomic mass is 16.5. The van der Waals surface area contributed by atoms with Gasteiger partial charge in [-0.25, -0.2) is 0 Å². The Balaban J connectivity index is 2.10. The third kappa shape index (κ3) is 4.40. The number of hydrogen-bond donors (Lipinski definition) is 1. The number of piperidine rings is 1. The fourth-order valence-corrected chi connectivity index (χ4v) is 1.86. The van der Waals surface area contributed by atoms with Gasteiger partial charge in [0.2, 0.25) is 0 Å². The molecule has 1 heterocycles. The fraction of sp³-hybridized carbons (Fsp3) is 1.00. The molecule has 0 aliphatic carbocycles. The van der Waals surface area contributed by atoms with Crippen molar-refractivity contribution in [2.45, 2.75) is 38.8 Å². The summed E-state index contributed by atoms with van der Waals surface area (Å²) in [4.78, 5) is 2.43. The smallest absolute Gasteiger partial charge is 0.0596 e. The van der Waals surface area contributed by atoms with Crippen LogP contribution in [-0.2, 0) is 4.74 Å². The van der Waals surface area contributed by atoms with Crippen molar-refractivity contribution < 1.29 is 4.74 Å². The summed E-state index contributed by atoms with van der Waals surface area (Å²) in [5.74, 6) is 0. The third-order valence-corrected chi connectivity index (χ3v) is 2.83. The van der Waals surface area contributed by atoms with Crippen molar-refractivity contribution in [2.24, 2.45) is 0 Å². The highest BCUT2D eigenvalue weighted by Crippen LogP contribution is 2.09. The van der Waals surface area contributed by atoms with Crippen LogP contribution in [0.5, 0.6) is 0 Å². The molecule has 1 saturated heterocycles. The topological polar surface area (TPSA) is 24.5 Å². The summed E-state index contributed by atoms with van der Waals surface area (Å²) in [6.07, 6.45) is 2.91. The van der Waals surface area contributed by atoms with E-state index in [9.17, 15) is 0 Å². The fourth-order valence-electron chi connectivity index (χ4n) is 1.86. The maximum atomic E-state index is 5.55. The number of nitrogens with zero attached hydrogens (tertiary/aromatic N) is 1. The molecule has 0 radical (unpaired) electrons. The van der Waals surface area contributed by atoms with Gasteiger partial charge in [-0.05, 0) is 46.8 Å². The maximum absolute atomic E-state index is 5.55. The average molecular weight is 200 g/mol. The molecular formula is C11H24N2O. The third-order valence-electron chi connectivity index (χ3n) is 2.83. The molecule has 3 heteroatoms. The van der Waals surface area contributed by atoms with Gasteiger partial charge < -0.3 is 15.0 Å². The number of likely N-dealkylation sites (N-methyl/N-ethyl adjacent to an activating group) is 1. The zero-order valence-corrected chi connectivity index (χ0v) is 9.75. The average Bonchev–Trinajstić information content (AvgIpc) is 2.18. The van der Waals surface area contributed by atoms with Crippen LogP contribution in [0.25, 0.3) is 0 Å². The molecule has 0 saturated carbocycles. The first kappa shape index (κ1) is 12.0. The van der Waals surface area contributed by atoms with Crippen LogP contribution in [0.2, 0.25) is 0 Å². The molecule has 0 aromatic rings. The van der Waals surface area contributed by atoms with Gasteiger partial charge in [-0.2, -0.15) is 0 Å². The van der Waals surface area contributed by atoms with Crippen molar-refractivity contribution in [3.05, 3.63) is 0 Å². The number of rotatable bonds is 5. The normalized spacial score (nSPS) is 19.5. The zero-order chi connectivity index (χ0) is 10.4. The lowest BCUT2D eigenvalue weighted by atomic mass is 10.1. The van der Waals surface area contributed by atoms with Crippen molar-refractivity contribution in [1.29, 1.82) is 0 Å². The van der Waals surface area contributed by atoms with E-state index in [4.69, 9.17) is 4.74 Å². The Morgan fingerprint density at radius 2 is 2.00 bits per heavy atom. The molecule has 0 amide bonds. The molecule has 1 N–H and O–H groups in total. The quantitative estimate of drug-likeness (QED) is 0.719. The SMILES string of the molecule is CC(C)OCCN(C)C1CCNCC1. The minimum atomic E-state index is 0.358. The van der Waals surface area contributed by atoms with Gasteiger partial charge >= 0.3 is 0 Å². The summed E-state index contributed by atoms with van der Waals surface area (Å²) in [5, 5.41) is 3.39. The van der Waals surface area contributed by atoms with Crippen LogP contribution in [0.1, 0.15) is 26.7 Å². The molecule has 0 bridgehead atoms. The van der Waals surface area contributed by atoms with E-state index in [2.05, 4.69) is 31.1 Å². The van der Waals surface area contributed by atoms with Crippen molar-refractivity contribution in [2.75, 3.05) is 33.3 Å². The second-order valence-electron chi connectivity index (χ2n) is 4.38. The predicted molar refractivity (Wildman–Crippen MR) is 59.6 cm³/mol. The molecule has 84 valence electrons. The number of ether oxygens (including phenoxy) is 1. The van der Waals surface area contributed by atoms with Crippen LogP contribution in [0, 0.1) is 0 Å². The van der Waals surface area contributed by atoms with Gasteiger partial charge in [-0.1, -0.05) is 0 Å². The minimum absolute atomic E-state index is 0.358. The van der Waals surface area contributed by atoms with Crippen molar-refractivity contribution in [3.63, 3.8) is 0 Å². The van der Waals surface area contributed by atoms with Crippen LogP contribution >= 0.6 is 0 Å². The standard InChI is InChI=1S/C11H24N2O/c1-10(2)14-9-8-13(3)11-4-6-12-7-5-11/h10-12H,4-9H2,1-3H3. The monoisotopic (exact) mass is 200 g/mol. The van der Waals surface area contributed by atoms with Crippen LogP contribution in [0.4, 0.5) is 0 Å². The van der Waals surface area contributed by atoms with Gasteiger partial charge in [0.05, 0.1) is 12.7 Å². The van der Waals surface area contributed by atoms with E-state index in [0.29, 0.717) is 6.10 Å². The lowest BCUT2D eigenvalue weighted by molar-refractivity contribution is 0.0524. The molecule has 3 nitrogen and oxygen atoms in total. The van der Waals surface area contributed by atoms with Gasteiger partial charge in [0, 0.05) is 12.6 Å². The van der Waals surface area contributed by atoms with Crippen molar-refractivity contribution in [1.82, 2.24) is 10.2 Å². The second-order valence-corrected chi connectivity index (χ2v) is 4.38. The second kappa shape index (κ2) is 6.38. The number of nitrogens with one attached hydrogen (secondary N) is 1. The van der Waals surface area contributed by atoms with Gasteiger partial charge in [0.25, 0.3) is 0 Å². The zero-order valence-electron chi connectivity index (χ0n) is 9.75.